The average Bonchev–Trinajstić information content (AvgIpc) is 2.36. The van der Waals surface area contributed by atoms with E-state index in [1.807, 2.05) is 6.92 Å². The zero-order valence-electron chi connectivity index (χ0n) is 12.2. The van der Waals surface area contributed by atoms with Crippen LogP contribution in [0.25, 0.3) is 0 Å². The summed E-state index contributed by atoms with van der Waals surface area (Å²) in [4.78, 5) is 11.4. The SMILES string of the molecule is CCCCCCCCCCCC(=O)N([O-])CCC. The number of nitrogens with zero attached hydrogens (tertiary/aromatic N) is 1. The maximum absolute atomic E-state index is 11.4. The predicted octanol–water partition coefficient (Wildman–Crippen LogP) is 4.64. The highest BCUT2D eigenvalue weighted by atomic mass is 16.5. The van der Waals surface area contributed by atoms with E-state index in [2.05, 4.69) is 6.92 Å². The molecule has 0 aromatic rings. The van der Waals surface area contributed by atoms with Gasteiger partial charge in [0.15, 0.2) is 0 Å². The molecule has 0 radical (unpaired) electrons. The summed E-state index contributed by atoms with van der Waals surface area (Å²) >= 11 is 0. The smallest absolute Gasteiger partial charge is 0.212 e. The average molecular weight is 256 g/mol. The molecule has 0 bridgehead atoms. The van der Waals surface area contributed by atoms with Gasteiger partial charge in [0, 0.05) is 13.0 Å². The lowest BCUT2D eigenvalue weighted by molar-refractivity contribution is -0.128. The summed E-state index contributed by atoms with van der Waals surface area (Å²) in [6.07, 6.45) is 12.3. The van der Waals surface area contributed by atoms with Gasteiger partial charge < -0.3 is 10.3 Å². The van der Waals surface area contributed by atoms with E-state index in [-0.39, 0.29) is 5.91 Å². The molecule has 1 amide bonds. The quantitative estimate of drug-likeness (QED) is 0.377. The lowest BCUT2D eigenvalue weighted by Gasteiger charge is -2.27. The van der Waals surface area contributed by atoms with Gasteiger partial charge in [-0.25, -0.2) is 0 Å². The molecule has 0 saturated carbocycles. The predicted molar refractivity (Wildman–Crippen MR) is 77.2 cm³/mol. The third-order valence-electron chi connectivity index (χ3n) is 3.20. The summed E-state index contributed by atoms with van der Waals surface area (Å²) in [5.74, 6) is -0.236. The van der Waals surface area contributed by atoms with Crippen LogP contribution in [0.3, 0.4) is 0 Å². The summed E-state index contributed by atoms with van der Waals surface area (Å²) in [5, 5.41) is 11.8. The van der Waals surface area contributed by atoms with Gasteiger partial charge in [-0.05, 0) is 12.8 Å². The van der Waals surface area contributed by atoms with Crippen LogP contribution in [-0.4, -0.2) is 17.5 Å². The normalized spacial score (nSPS) is 10.6. The first-order valence-corrected chi connectivity index (χ1v) is 7.69. The summed E-state index contributed by atoms with van der Waals surface area (Å²) in [6, 6.07) is 0. The highest BCUT2D eigenvalue weighted by molar-refractivity contribution is 5.76. The molecule has 0 aliphatic carbocycles. The van der Waals surface area contributed by atoms with E-state index >= 15 is 0 Å². The first-order valence-electron chi connectivity index (χ1n) is 7.69. The Morgan fingerprint density at radius 2 is 1.33 bits per heavy atom. The minimum absolute atomic E-state index is 0.236. The molecule has 0 N–H and O–H groups in total. The van der Waals surface area contributed by atoms with Crippen molar-refractivity contribution in [3.63, 3.8) is 0 Å². The van der Waals surface area contributed by atoms with Crippen LogP contribution < -0.4 is 0 Å². The molecule has 0 aliphatic heterocycles. The Labute approximate surface area is 113 Å². The summed E-state index contributed by atoms with van der Waals surface area (Å²) in [5.41, 5.74) is 0. The first-order chi connectivity index (χ1) is 8.72. The van der Waals surface area contributed by atoms with Gasteiger partial charge in [0.2, 0.25) is 5.91 Å². The van der Waals surface area contributed by atoms with E-state index in [9.17, 15) is 10.0 Å². The van der Waals surface area contributed by atoms with Gasteiger partial charge >= 0.3 is 0 Å². The number of rotatable bonds is 12. The number of hydroxylamine groups is 2. The second-order valence-electron chi connectivity index (χ2n) is 5.07. The van der Waals surface area contributed by atoms with Gasteiger partial charge in [-0.2, -0.15) is 0 Å². The number of carbonyl (C=O) groups excluding carboxylic acids is 1. The number of carbonyl (C=O) groups is 1. The molecule has 18 heavy (non-hydrogen) atoms. The van der Waals surface area contributed by atoms with Gasteiger partial charge in [0.05, 0.1) is 0 Å². The number of hydrogen-bond acceptors (Lipinski definition) is 2. The second-order valence-corrected chi connectivity index (χ2v) is 5.07. The van der Waals surface area contributed by atoms with Gasteiger partial charge in [-0.3, -0.25) is 4.79 Å². The van der Waals surface area contributed by atoms with Gasteiger partial charge in [0.1, 0.15) is 0 Å². The molecule has 0 aromatic heterocycles. The standard InChI is InChI=1S/C15H30NO2/c1-3-5-6-7-8-9-10-11-12-13-15(17)16(18)14-4-2/h3-14H2,1-2H3/q-1. The highest BCUT2D eigenvalue weighted by Crippen LogP contribution is 2.11. The zero-order chi connectivity index (χ0) is 13.6. The van der Waals surface area contributed by atoms with Crippen LogP contribution in [0.15, 0.2) is 0 Å². The Kier molecular flexibility index (Phi) is 12.5. The second kappa shape index (κ2) is 12.9. The summed E-state index contributed by atoms with van der Waals surface area (Å²) in [6.45, 7) is 4.49. The molecule has 0 saturated heterocycles. The first kappa shape index (κ1) is 17.4. The van der Waals surface area contributed by atoms with Crippen molar-refractivity contribution in [1.82, 2.24) is 5.06 Å². The van der Waals surface area contributed by atoms with Gasteiger partial charge in [0.25, 0.3) is 0 Å². The fourth-order valence-electron chi connectivity index (χ4n) is 2.04. The van der Waals surface area contributed by atoms with E-state index in [0.717, 1.165) is 19.3 Å². The van der Waals surface area contributed by atoms with Crippen molar-refractivity contribution >= 4 is 5.91 Å². The van der Waals surface area contributed by atoms with Crippen LogP contribution in [0.2, 0.25) is 0 Å². The molecule has 108 valence electrons. The lowest BCUT2D eigenvalue weighted by Crippen LogP contribution is -2.25. The van der Waals surface area contributed by atoms with E-state index in [0.29, 0.717) is 18.0 Å². The molecular formula is C15H30NO2-. The van der Waals surface area contributed by atoms with Crippen molar-refractivity contribution in [2.24, 2.45) is 0 Å². The minimum Gasteiger partial charge on any atom is -0.756 e. The largest absolute Gasteiger partial charge is 0.756 e. The monoisotopic (exact) mass is 256 g/mol. The van der Waals surface area contributed by atoms with Crippen molar-refractivity contribution in [3.05, 3.63) is 5.21 Å². The molecule has 0 spiro atoms. The molecule has 0 rings (SSSR count). The molecule has 0 aromatic carbocycles. The third-order valence-corrected chi connectivity index (χ3v) is 3.20. The van der Waals surface area contributed by atoms with Crippen molar-refractivity contribution < 1.29 is 4.79 Å². The number of amides is 1. The lowest BCUT2D eigenvalue weighted by atomic mass is 10.1. The van der Waals surface area contributed by atoms with E-state index in [1.54, 1.807) is 0 Å². The Hall–Kier alpha value is -0.570. The van der Waals surface area contributed by atoms with Crippen molar-refractivity contribution in [2.45, 2.75) is 84.5 Å². The Bertz CT molecular complexity index is 195. The van der Waals surface area contributed by atoms with E-state index in [1.165, 1.54) is 44.9 Å². The fraction of sp³-hybridized carbons (Fsp3) is 0.933. The highest BCUT2D eigenvalue weighted by Gasteiger charge is 2.02. The van der Waals surface area contributed by atoms with Crippen molar-refractivity contribution in [3.8, 4) is 0 Å². The van der Waals surface area contributed by atoms with Crippen LogP contribution >= 0.6 is 0 Å². The Morgan fingerprint density at radius 1 is 0.833 bits per heavy atom. The Morgan fingerprint density at radius 3 is 1.83 bits per heavy atom. The van der Waals surface area contributed by atoms with Crippen LogP contribution in [0.1, 0.15) is 84.5 Å². The molecule has 0 heterocycles. The summed E-state index contributed by atoms with van der Waals surface area (Å²) < 4.78 is 0. The van der Waals surface area contributed by atoms with E-state index < -0.39 is 0 Å². The van der Waals surface area contributed by atoms with Gasteiger partial charge in [-0.1, -0.05) is 65.2 Å². The van der Waals surface area contributed by atoms with Crippen molar-refractivity contribution in [1.29, 1.82) is 0 Å². The molecule has 3 heteroatoms. The van der Waals surface area contributed by atoms with Crippen LogP contribution in [0.4, 0.5) is 0 Å². The molecule has 0 atom stereocenters. The fourth-order valence-corrected chi connectivity index (χ4v) is 2.04. The van der Waals surface area contributed by atoms with Crippen LogP contribution in [0.5, 0.6) is 0 Å². The number of unbranched alkanes of at least 4 members (excludes halogenated alkanes) is 8. The number of hydrogen-bond donors (Lipinski definition) is 0. The molecule has 0 fully saturated rings. The molecule has 3 nitrogen and oxygen atoms in total. The minimum atomic E-state index is -0.236. The van der Waals surface area contributed by atoms with Crippen molar-refractivity contribution in [2.75, 3.05) is 6.54 Å². The van der Waals surface area contributed by atoms with E-state index in [4.69, 9.17) is 0 Å². The molecular weight excluding hydrogens is 226 g/mol. The maximum atomic E-state index is 11.4. The molecule has 0 unspecified atom stereocenters. The zero-order valence-corrected chi connectivity index (χ0v) is 12.2. The topological polar surface area (TPSA) is 43.4 Å². The third kappa shape index (κ3) is 10.6. The van der Waals surface area contributed by atoms with Crippen LogP contribution in [-0.2, 0) is 4.79 Å². The van der Waals surface area contributed by atoms with Gasteiger partial charge in [-0.15, -0.1) is 0 Å². The molecule has 0 aliphatic rings. The van der Waals surface area contributed by atoms with Crippen LogP contribution in [0, 0.1) is 5.21 Å². The maximum Gasteiger partial charge on any atom is 0.212 e. The summed E-state index contributed by atoms with van der Waals surface area (Å²) in [7, 11) is 0. The Balaban J connectivity index is 3.22.